The molecule has 0 atom stereocenters. The van der Waals surface area contributed by atoms with Gasteiger partial charge in [0.2, 0.25) is 0 Å². The van der Waals surface area contributed by atoms with E-state index in [0.717, 1.165) is 21.4 Å². The largest absolute Gasteiger partial charge is 0.478 e. The van der Waals surface area contributed by atoms with Gasteiger partial charge in [-0.3, -0.25) is 4.98 Å². The van der Waals surface area contributed by atoms with Crippen LogP contribution in [-0.2, 0) is 17.9 Å². The van der Waals surface area contributed by atoms with Crippen LogP contribution in [0.5, 0.6) is 0 Å². The van der Waals surface area contributed by atoms with Crippen LogP contribution in [0, 0.1) is 0 Å². The van der Waals surface area contributed by atoms with E-state index in [1.54, 1.807) is 19.2 Å². The highest BCUT2D eigenvalue weighted by Crippen LogP contribution is 2.25. The van der Waals surface area contributed by atoms with Gasteiger partial charge in [-0.1, -0.05) is 22.0 Å². The molecular weight excluding hydrogens is 336 g/mol. The summed E-state index contributed by atoms with van der Waals surface area (Å²) < 4.78 is 6.17. The van der Waals surface area contributed by atoms with E-state index in [2.05, 4.69) is 26.2 Å². The monoisotopic (exact) mass is 350 g/mol. The highest BCUT2D eigenvalue weighted by molar-refractivity contribution is 9.10. The molecule has 2 N–H and O–H groups in total. The van der Waals surface area contributed by atoms with Crippen LogP contribution < -0.4 is 5.32 Å². The molecule has 1 heterocycles. The molecule has 0 unspecified atom stereocenters. The third-order valence-electron chi connectivity index (χ3n) is 2.94. The van der Waals surface area contributed by atoms with E-state index >= 15 is 0 Å². The average Bonchev–Trinajstić information content (AvgIpc) is 2.48. The van der Waals surface area contributed by atoms with Gasteiger partial charge in [0.1, 0.15) is 0 Å². The van der Waals surface area contributed by atoms with E-state index in [-0.39, 0.29) is 5.56 Å². The zero-order chi connectivity index (χ0) is 15.2. The van der Waals surface area contributed by atoms with Gasteiger partial charge in [0.25, 0.3) is 0 Å². The molecule has 0 aliphatic heterocycles. The Labute approximate surface area is 131 Å². The predicted molar refractivity (Wildman–Crippen MR) is 83.4 cm³/mol. The quantitative estimate of drug-likeness (QED) is 0.836. The van der Waals surface area contributed by atoms with Crippen LogP contribution in [-0.4, -0.2) is 23.2 Å². The number of ether oxygens (including phenoxy) is 1. The number of benzene rings is 1. The van der Waals surface area contributed by atoms with Gasteiger partial charge in [0.05, 0.1) is 24.4 Å². The van der Waals surface area contributed by atoms with Crippen LogP contribution in [0.2, 0.25) is 0 Å². The second-order valence-corrected chi connectivity index (χ2v) is 5.25. The molecule has 0 saturated heterocycles. The van der Waals surface area contributed by atoms with E-state index in [9.17, 15) is 4.79 Å². The summed E-state index contributed by atoms with van der Waals surface area (Å²) in [5, 5.41) is 12.1. The molecule has 5 nitrogen and oxygen atoms in total. The Morgan fingerprint density at radius 1 is 1.38 bits per heavy atom. The van der Waals surface area contributed by atoms with Crippen LogP contribution in [0.15, 0.2) is 41.0 Å². The molecule has 0 saturated carbocycles. The molecule has 21 heavy (non-hydrogen) atoms. The lowest BCUT2D eigenvalue weighted by atomic mass is 10.2. The maximum atomic E-state index is 10.8. The predicted octanol–water partition coefficient (Wildman–Crippen LogP) is 3.30. The summed E-state index contributed by atoms with van der Waals surface area (Å²) in [6.07, 6.45) is 1.36. The van der Waals surface area contributed by atoms with Crippen LogP contribution in [0.3, 0.4) is 0 Å². The molecule has 0 aliphatic rings. The number of hydrogen-bond acceptors (Lipinski definition) is 4. The summed E-state index contributed by atoms with van der Waals surface area (Å²) in [6.45, 7) is 1.00. The van der Waals surface area contributed by atoms with Crippen molar-refractivity contribution in [2.24, 2.45) is 0 Å². The average molecular weight is 351 g/mol. The van der Waals surface area contributed by atoms with Gasteiger partial charge in [0, 0.05) is 29.0 Å². The lowest BCUT2D eigenvalue weighted by molar-refractivity contribution is 0.0696. The summed E-state index contributed by atoms with van der Waals surface area (Å²) in [7, 11) is 1.65. The molecule has 0 radical (unpaired) electrons. The first-order chi connectivity index (χ1) is 10.1. The van der Waals surface area contributed by atoms with Gasteiger partial charge in [-0.2, -0.15) is 0 Å². The van der Waals surface area contributed by atoms with Gasteiger partial charge >= 0.3 is 5.97 Å². The highest BCUT2D eigenvalue weighted by Gasteiger charge is 2.07. The standard InChI is InChI=1S/C15H15BrN2O3/c1-21-9-12-13(16)3-2-4-14(12)18-8-11-6-5-10(7-17-11)15(19)20/h2-7,18H,8-9H2,1H3,(H,19,20). The number of carboxylic acids is 1. The molecule has 0 fully saturated rings. The Bertz CT molecular complexity index is 629. The SMILES string of the molecule is COCc1c(Br)cccc1NCc1ccc(C(=O)O)cn1. The van der Waals surface area contributed by atoms with Crippen molar-refractivity contribution in [1.82, 2.24) is 4.98 Å². The van der Waals surface area contributed by atoms with Crippen LogP contribution >= 0.6 is 15.9 Å². The summed E-state index contributed by atoms with van der Waals surface area (Å²) in [5.74, 6) is -0.976. The third kappa shape index (κ3) is 4.03. The second kappa shape index (κ2) is 7.19. The zero-order valence-electron chi connectivity index (χ0n) is 11.5. The molecule has 1 aromatic carbocycles. The molecule has 2 rings (SSSR count). The van der Waals surface area contributed by atoms with Crippen LogP contribution in [0.1, 0.15) is 21.6 Å². The Morgan fingerprint density at radius 2 is 2.19 bits per heavy atom. The number of hydrogen-bond donors (Lipinski definition) is 2. The normalized spacial score (nSPS) is 10.4. The second-order valence-electron chi connectivity index (χ2n) is 4.40. The fourth-order valence-corrected chi connectivity index (χ4v) is 2.34. The molecule has 1 aromatic heterocycles. The van der Waals surface area contributed by atoms with Crippen LogP contribution in [0.4, 0.5) is 5.69 Å². The molecule has 0 bridgehead atoms. The van der Waals surface area contributed by atoms with Crippen molar-refractivity contribution in [3.05, 3.63) is 57.8 Å². The van der Waals surface area contributed by atoms with Crippen molar-refractivity contribution in [2.75, 3.05) is 12.4 Å². The molecule has 0 aliphatic carbocycles. The topological polar surface area (TPSA) is 71.5 Å². The Balaban J connectivity index is 2.09. The van der Waals surface area contributed by atoms with Crippen molar-refractivity contribution in [2.45, 2.75) is 13.2 Å². The first kappa shape index (κ1) is 15.5. The van der Waals surface area contributed by atoms with Gasteiger partial charge in [-0.15, -0.1) is 0 Å². The van der Waals surface area contributed by atoms with E-state index in [0.29, 0.717) is 13.2 Å². The highest BCUT2D eigenvalue weighted by atomic mass is 79.9. The van der Waals surface area contributed by atoms with E-state index in [1.165, 1.54) is 6.20 Å². The third-order valence-corrected chi connectivity index (χ3v) is 3.68. The fraction of sp³-hybridized carbons (Fsp3) is 0.200. The van der Waals surface area contributed by atoms with Crippen molar-refractivity contribution in [1.29, 1.82) is 0 Å². The molecule has 0 amide bonds. The Hall–Kier alpha value is -1.92. The Kier molecular flexibility index (Phi) is 5.30. The number of rotatable bonds is 6. The van der Waals surface area contributed by atoms with Crippen LogP contribution in [0.25, 0.3) is 0 Å². The lowest BCUT2D eigenvalue weighted by Gasteiger charge is -2.13. The summed E-state index contributed by atoms with van der Waals surface area (Å²) in [4.78, 5) is 14.9. The maximum absolute atomic E-state index is 10.8. The number of carbonyl (C=O) groups is 1. The summed E-state index contributed by atoms with van der Waals surface area (Å²) in [5.41, 5.74) is 2.93. The number of nitrogens with zero attached hydrogens (tertiary/aromatic N) is 1. The smallest absolute Gasteiger partial charge is 0.337 e. The van der Waals surface area contributed by atoms with Crippen molar-refractivity contribution in [3.8, 4) is 0 Å². The van der Waals surface area contributed by atoms with E-state index < -0.39 is 5.97 Å². The first-order valence-electron chi connectivity index (χ1n) is 6.30. The van der Waals surface area contributed by atoms with Gasteiger partial charge in [-0.25, -0.2) is 4.79 Å². The van der Waals surface area contributed by atoms with Crippen molar-refractivity contribution >= 4 is 27.6 Å². The molecular formula is C15H15BrN2O3. The minimum absolute atomic E-state index is 0.182. The van der Waals surface area contributed by atoms with Crippen molar-refractivity contribution in [3.63, 3.8) is 0 Å². The fourth-order valence-electron chi connectivity index (χ4n) is 1.86. The number of anilines is 1. The number of aromatic carboxylic acids is 1. The number of pyridine rings is 1. The van der Waals surface area contributed by atoms with E-state index in [1.807, 2.05) is 18.2 Å². The molecule has 2 aromatic rings. The molecule has 0 spiro atoms. The molecule has 6 heteroatoms. The number of aromatic nitrogens is 1. The number of nitrogens with one attached hydrogen (secondary N) is 1. The van der Waals surface area contributed by atoms with Gasteiger partial charge in [0.15, 0.2) is 0 Å². The lowest BCUT2D eigenvalue weighted by Crippen LogP contribution is -2.06. The van der Waals surface area contributed by atoms with Gasteiger partial charge in [-0.05, 0) is 24.3 Å². The number of carboxylic acid groups (broad SMARTS) is 1. The Morgan fingerprint density at radius 3 is 2.81 bits per heavy atom. The van der Waals surface area contributed by atoms with Gasteiger partial charge < -0.3 is 15.2 Å². The minimum Gasteiger partial charge on any atom is -0.478 e. The summed E-state index contributed by atoms with van der Waals surface area (Å²) in [6, 6.07) is 9.10. The summed E-state index contributed by atoms with van der Waals surface area (Å²) >= 11 is 3.50. The number of methoxy groups -OCH3 is 1. The zero-order valence-corrected chi connectivity index (χ0v) is 13.1. The van der Waals surface area contributed by atoms with Crippen molar-refractivity contribution < 1.29 is 14.6 Å². The maximum Gasteiger partial charge on any atom is 0.337 e. The minimum atomic E-state index is -0.976. The first-order valence-corrected chi connectivity index (χ1v) is 7.09. The molecule has 110 valence electrons. The van der Waals surface area contributed by atoms with E-state index in [4.69, 9.17) is 9.84 Å². The number of halogens is 1.